The highest BCUT2D eigenvalue weighted by molar-refractivity contribution is 5.60. The van der Waals surface area contributed by atoms with Crippen LogP contribution in [0.3, 0.4) is 0 Å². The largest absolute Gasteiger partial charge is 0.490 e. The Hall–Kier alpha value is -2.76. The van der Waals surface area contributed by atoms with E-state index in [1.807, 2.05) is 42.7 Å². The number of hydrogen-bond donors (Lipinski definition) is 1. The van der Waals surface area contributed by atoms with Crippen LogP contribution in [0.5, 0.6) is 5.75 Å². The molecule has 3 heterocycles. The van der Waals surface area contributed by atoms with Crippen LogP contribution in [0.25, 0.3) is 11.3 Å². The fourth-order valence-electron chi connectivity index (χ4n) is 3.07. The Morgan fingerprint density at radius 3 is 2.75 bits per heavy atom. The van der Waals surface area contributed by atoms with Crippen LogP contribution >= 0.6 is 0 Å². The number of pyridine rings is 2. The summed E-state index contributed by atoms with van der Waals surface area (Å²) in [4.78, 5) is 8.81. The first-order valence-electron chi connectivity index (χ1n) is 9.75. The first-order valence-corrected chi connectivity index (χ1v) is 9.75. The lowest BCUT2D eigenvalue weighted by molar-refractivity contribution is 0.124. The molecule has 0 amide bonds. The van der Waals surface area contributed by atoms with Gasteiger partial charge in [0.25, 0.3) is 0 Å². The summed E-state index contributed by atoms with van der Waals surface area (Å²) in [5.74, 6) is 0.782. The molecule has 144 valence electrons. The molecule has 1 atom stereocenters. The van der Waals surface area contributed by atoms with Gasteiger partial charge in [-0.3, -0.25) is 9.97 Å². The van der Waals surface area contributed by atoms with Crippen LogP contribution in [-0.2, 0) is 17.8 Å². The Labute approximate surface area is 165 Å². The molecule has 0 aliphatic carbocycles. The van der Waals surface area contributed by atoms with Gasteiger partial charge in [0.05, 0.1) is 25.1 Å². The minimum absolute atomic E-state index is 0.459. The monoisotopic (exact) mass is 375 g/mol. The van der Waals surface area contributed by atoms with Gasteiger partial charge in [-0.05, 0) is 48.7 Å². The smallest absolute Gasteiger partial charge is 0.138 e. The average Bonchev–Trinajstić information content (AvgIpc) is 2.71. The summed E-state index contributed by atoms with van der Waals surface area (Å²) in [6.07, 6.45) is 7.44. The highest BCUT2D eigenvalue weighted by Gasteiger charge is 2.16. The SMILES string of the molecule is c1ccc(COCCc2ccnc(-c3cncc(OC[C@@H]4CCN4)c3)c2)cc1. The van der Waals surface area contributed by atoms with Crippen LogP contribution in [0.1, 0.15) is 17.5 Å². The van der Waals surface area contributed by atoms with Crippen molar-refractivity contribution < 1.29 is 9.47 Å². The minimum atomic E-state index is 0.459. The molecule has 0 radical (unpaired) electrons. The van der Waals surface area contributed by atoms with Crippen molar-refractivity contribution in [2.45, 2.75) is 25.5 Å². The molecule has 3 aromatic rings. The summed E-state index contributed by atoms with van der Waals surface area (Å²) in [6, 6.07) is 16.8. The molecule has 5 nitrogen and oxygen atoms in total. The van der Waals surface area contributed by atoms with Crippen molar-refractivity contribution in [1.82, 2.24) is 15.3 Å². The van der Waals surface area contributed by atoms with Gasteiger partial charge in [0.2, 0.25) is 0 Å². The maximum atomic E-state index is 5.85. The maximum Gasteiger partial charge on any atom is 0.138 e. The van der Waals surface area contributed by atoms with Crippen LogP contribution in [0.2, 0.25) is 0 Å². The molecule has 0 unspecified atom stereocenters. The molecule has 1 aliphatic heterocycles. The van der Waals surface area contributed by atoms with E-state index in [0.29, 0.717) is 25.9 Å². The molecule has 1 fully saturated rings. The normalized spacial score (nSPS) is 15.8. The zero-order chi connectivity index (χ0) is 19.0. The van der Waals surface area contributed by atoms with Crippen molar-refractivity contribution in [1.29, 1.82) is 0 Å². The Balaban J connectivity index is 1.32. The molecule has 1 N–H and O–H groups in total. The van der Waals surface area contributed by atoms with Crippen molar-refractivity contribution in [2.24, 2.45) is 0 Å². The molecule has 0 spiro atoms. The Kier molecular flexibility index (Phi) is 6.27. The third kappa shape index (κ3) is 5.15. The molecular weight excluding hydrogens is 350 g/mol. The second-order valence-electron chi connectivity index (χ2n) is 7.00. The molecule has 1 saturated heterocycles. The first-order chi connectivity index (χ1) is 13.9. The number of benzene rings is 1. The van der Waals surface area contributed by atoms with E-state index in [-0.39, 0.29) is 0 Å². The fourth-order valence-corrected chi connectivity index (χ4v) is 3.07. The van der Waals surface area contributed by atoms with E-state index in [2.05, 4.69) is 33.5 Å². The molecule has 1 aromatic carbocycles. The quantitative estimate of drug-likeness (QED) is 0.579. The van der Waals surface area contributed by atoms with Crippen LogP contribution in [0.4, 0.5) is 0 Å². The maximum absolute atomic E-state index is 5.85. The summed E-state index contributed by atoms with van der Waals surface area (Å²) in [7, 11) is 0. The second-order valence-corrected chi connectivity index (χ2v) is 7.00. The van der Waals surface area contributed by atoms with Gasteiger partial charge in [0, 0.05) is 24.0 Å². The lowest BCUT2D eigenvalue weighted by Crippen LogP contribution is -2.46. The van der Waals surface area contributed by atoms with E-state index in [4.69, 9.17) is 9.47 Å². The van der Waals surface area contributed by atoms with Gasteiger partial charge >= 0.3 is 0 Å². The van der Waals surface area contributed by atoms with Crippen LogP contribution in [-0.4, -0.2) is 35.8 Å². The molecule has 28 heavy (non-hydrogen) atoms. The second kappa shape index (κ2) is 9.44. The van der Waals surface area contributed by atoms with E-state index < -0.39 is 0 Å². The van der Waals surface area contributed by atoms with Gasteiger partial charge in [0.1, 0.15) is 12.4 Å². The third-order valence-corrected chi connectivity index (χ3v) is 4.86. The molecule has 2 aromatic heterocycles. The van der Waals surface area contributed by atoms with Crippen molar-refractivity contribution in [3.63, 3.8) is 0 Å². The van der Waals surface area contributed by atoms with E-state index in [9.17, 15) is 0 Å². The topological polar surface area (TPSA) is 56.3 Å². The first kappa shape index (κ1) is 18.6. The molecule has 0 saturated carbocycles. The van der Waals surface area contributed by atoms with Crippen LogP contribution in [0.15, 0.2) is 67.1 Å². The van der Waals surface area contributed by atoms with E-state index in [0.717, 1.165) is 30.0 Å². The molecule has 4 rings (SSSR count). The van der Waals surface area contributed by atoms with Gasteiger partial charge < -0.3 is 14.8 Å². The standard InChI is InChI=1S/C23H25N3O2/c1-2-4-19(5-3-1)16-27-11-8-18-6-9-26-23(12-18)20-13-22(15-24-14-20)28-17-21-7-10-25-21/h1-6,9,12-15,21,25H,7-8,10-11,16-17H2/t21-/m0/s1. The highest BCUT2D eigenvalue weighted by atomic mass is 16.5. The lowest BCUT2D eigenvalue weighted by atomic mass is 10.1. The number of rotatable bonds is 9. The minimum Gasteiger partial charge on any atom is -0.490 e. The van der Waals surface area contributed by atoms with Crippen molar-refractivity contribution in [3.05, 3.63) is 78.2 Å². The average molecular weight is 375 g/mol. The molecule has 1 aliphatic rings. The zero-order valence-corrected chi connectivity index (χ0v) is 15.9. The summed E-state index contributed by atoms with van der Waals surface area (Å²) < 4.78 is 11.7. The Bertz CT molecular complexity index is 882. The summed E-state index contributed by atoms with van der Waals surface area (Å²) in [5.41, 5.74) is 4.26. The van der Waals surface area contributed by atoms with E-state index >= 15 is 0 Å². The third-order valence-electron chi connectivity index (χ3n) is 4.86. The van der Waals surface area contributed by atoms with Crippen LogP contribution in [0, 0.1) is 0 Å². The van der Waals surface area contributed by atoms with E-state index in [1.165, 1.54) is 17.5 Å². The van der Waals surface area contributed by atoms with Crippen LogP contribution < -0.4 is 10.1 Å². The predicted molar refractivity (Wildman–Crippen MR) is 109 cm³/mol. The van der Waals surface area contributed by atoms with Crippen molar-refractivity contribution in [3.8, 4) is 17.0 Å². The summed E-state index contributed by atoms with van der Waals surface area (Å²) in [5, 5.41) is 3.33. The number of ether oxygens (including phenoxy) is 2. The van der Waals surface area contributed by atoms with Crippen molar-refractivity contribution >= 4 is 0 Å². The Morgan fingerprint density at radius 2 is 1.93 bits per heavy atom. The van der Waals surface area contributed by atoms with Crippen molar-refractivity contribution in [2.75, 3.05) is 19.8 Å². The molecule has 0 bridgehead atoms. The summed E-state index contributed by atoms with van der Waals surface area (Å²) in [6.45, 7) is 3.07. The highest BCUT2D eigenvalue weighted by Crippen LogP contribution is 2.22. The van der Waals surface area contributed by atoms with Gasteiger partial charge in [-0.25, -0.2) is 0 Å². The van der Waals surface area contributed by atoms with Gasteiger partial charge in [-0.15, -0.1) is 0 Å². The fraction of sp³-hybridized carbons (Fsp3) is 0.304. The Morgan fingerprint density at radius 1 is 1.04 bits per heavy atom. The zero-order valence-electron chi connectivity index (χ0n) is 15.9. The van der Waals surface area contributed by atoms with Gasteiger partial charge in [0.15, 0.2) is 0 Å². The molecular formula is C23H25N3O2. The number of hydrogen-bond acceptors (Lipinski definition) is 5. The number of nitrogens with one attached hydrogen (secondary N) is 1. The predicted octanol–water partition coefficient (Wildman–Crippen LogP) is 3.64. The number of nitrogens with zero attached hydrogens (tertiary/aromatic N) is 2. The lowest BCUT2D eigenvalue weighted by Gasteiger charge is -2.27. The number of aromatic nitrogens is 2. The molecule has 5 heteroatoms. The van der Waals surface area contributed by atoms with Gasteiger partial charge in [-0.1, -0.05) is 30.3 Å². The van der Waals surface area contributed by atoms with E-state index in [1.54, 1.807) is 6.20 Å². The van der Waals surface area contributed by atoms with Gasteiger partial charge in [-0.2, -0.15) is 0 Å². The summed E-state index contributed by atoms with van der Waals surface area (Å²) >= 11 is 0.